The van der Waals surface area contributed by atoms with Crippen LogP contribution in [0.2, 0.25) is 0 Å². The highest BCUT2D eigenvalue weighted by Crippen LogP contribution is 2.23. The molecule has 4 nitrogen and oxygen atoms in total. The van der Waals surface area contributed by atoms with Crippen LogP contribution in [0.5, 0.6) is 0 Å². The molecule has 0 bridgehead atoms. The van der Waals surface area contributed by atoms with Gasteiger partial charge in [-0.25, -0.2) is 0 Å². The first-order valence-corrected chi connectivity index (χ1v) is 5.94. The molecule has 1 fully saturated rings. The van der Waals surface area contributed by atoms with E-state index in [9.17, 15) is 4.79 Å². The van der Waals surface area contributed by atoms with Crippen molar-refractivity contribution in [1.82, 2.24) is 0 Å². The van der Waals surface area contributed by atoms with E-state index in [-0.39, 0.29) is 11.9 Å². The molecule has 1 atom stereocenters. The van der Waals surface area contributed by atoms with Crippen molar-refractivity contribution in [3.05, 3.63) is 24.3 Å². The van der Waals surface area contributed by atoms with Crippen LogP contribution >= 0.6 is 0 Å². The Morgan fingerprint density at radius 1 is 1.29 bits per heavy atom. The van der Waals surface area contributed by atoms with Crippen molar-refractivity contribution in [1.29, 1.82) is 0 Å². The van der Waals surface area contributed by atoms with Gasteiger partial charge in [-0.1, -0.05) is 0 Å². The van der Waals surface area contributed by atoms with E-state index in [1.54, 1.807) is 4.90 Å². The molecule has 1 saturated heterocycles. The van der Waals surface area contributed by atoms with Crippen LogP contribution < -0.4 is 15.5 Å². The smallest absolute Gasteiger partial charge is 0.243 e. The maximum atomic E-state index is 11.9. The number of nitrogens with two attached hydrogens (primary N) is 1. The molecule has 92 valence electrons. The van der Waals surface area contributed by atoms with Gasteiger partial charge in [-0.05, 0) is 37.1 Å². The van der Waals surface area contributed by atoms with Gasteiger partial charge >= 0.3 is 0 Å². The minimum atomic E-state index is -0.336. The first-order valence-electron chi connectivity index (χ1n) is 5.94. The molecular weight excluding hydrogens is 214 g/mol. The standard InChI is InChI=1S/C13H19N3O/c1-15(2)10-5-7-11(8-6-10)16-9-3-4-12(14)13(16)17/h5-8,12H,3-4,9,14H2,1-2H3. The van der Waals surface area contributed by atoms with E-state index in [1.165, 1.54) is 0 Å². The van der Waals surface area contributed by atoms with Gasteiger partial charge in [0.1, 0.15) is 0 Å². The van der Waals surface area contributed by atoms with Gasteiger partial charge in [-0.15, -0.1) is 0 Å². The maximum Gasteiger partial charge on any atom is 0.243 e. The van der Waals surface area contributed by atoms with E-state index < -0.39 is 0 Å². The number of benzene rings is 1. The molecule has 1 aliphatic rings. The molecule has 0 spiro atoms. The van der Waals surface area contributed by atoms with Gasteiger partial charge in [-0.3, -0.25) is 4.79 Å². The molecule has 17 heavy (non-hydrogen) atoms. The normalized spacial score (nSPS) is 20.5. The Bertz CT molecular complexity index is 400. The monoisotopic (exact) mass is 233 g/mol. The number of nitrogens with zero attached hydrogens (tertiary/aromatic N) is 2. The van der Waals surface area contributed by atoms with Crippen molar-refractivity contribution in [2.45, 2.75) is 18.9 Å². The van der Waals surface area contributed by atoms with Gasteiger partial charge in [0.05, 0.1) is 6.04 Å². The average molecular weight is 233 g/mol. The highest BCUT2D eigenvalue weighted by Gasteiger charge is 2.26. The Balaban J connectivity index is 2.19. The first-order chi connectivity index (χ1) is 8.09. The number of hydrogen-bond acceptors (Lipinski definition) is 3. The summed E-state index contributed by atoms with van der Waals surface area (Å²) in [6.45, 7) is 0.772. The molecule has 2 rings (SSSR count). The average Bonchev–Trinajstić information content (AvgIpc) is 2.33. The third kappa shape index (κ3) is 2.42. The third-order valence-corrected chi connectivity index (χ3v) is 3.16. The Morgan fingerprint density at radius 2 is 1.94 bits per heavy atom. The highest BCUT2D eigenvalue weighted by atomic mass is 16.2. The van der Waals surface area contributed by atoms with Crippen LogP contribution in [0.1, 0.15) is 12.8 Å². The fourth-order valence-electron chi connectivity index (χ4n) is 2.09. The molecule has 1 amide bonds. The number of rotatable bonds is 2. The predicted molar refractivity (Wildman–Crippen MR) is 70.3 cm³/mol. The number of amides is 1. The number of piperidine rings is 1. The van der Waals surface area contributed by atoms with Gasteiger partial charge in [-0.2, -0.15) is 0 Å². The van der Waals surface area contributed by atoms with Gasteiger partial charge in [0.25, 0.3) is 0 Å². The Labute approximate surface area is 102 Å². The molecule has 1 aliphatic heterocycles. The first kappa shape index (κ1) is 11.9. The fraction of sp³-hybridized carbons (Fsp3) is 0.462. The van der Waals surface area contributed by atoms with Crippen LogP contribution in [0.4, 0.5) is 11.4 Å². The summed E-state index contributed by atoms with van der Waals surface area (Å²) in [6.07, 6.45) is 1.77. The van der Waals surface area contributed by atoms with Crippen LogP contribution in [0.3, 0.4) is 0 Å². The summed E-state index contributed by atoms with van der Waals surface area (Å²) in [5, 5.41) is 0. The van der Waals surface area contributed by atoms with Crippen LogP contribution in [-0.2, 0) is 4.79 Å². The van der Waals surface area contributed by atoms with Crippen molar-refractivity contribution in [2.75, 3.05) is 30.4 Å². The summed E-state index contributed by atoms with van der Waals surface area (Å²) >= 11 is 0. The number of carbonyl (C=O) groups excluding carboxylic acids is 1. The van der Waals surface area contributed by atoms with E-state index in [4.69, 9.17) is 5.73 Å². The zero-order valence-electron chi connectivity index (χ0n) is 10.4. The summed E-state index contributed by atoms with van der Waals surface area (Å²) < 4.78 is 0. The summed E-state index contributed by atoms with van der Waals surface area (Å²) in [7, 11) is 3.99. The molecule has 0 aromatic heterocycles. The Morgan fingerprint density at radius 3 is 2.53 bits per heavy atom. The van der Waals surface area contributed by atoms with E-state index in [1.807, 2.05) is 43.3 Å². The maximum absolute atomic E-state index is 11.9. The lowest BCUT2D eigenvalue weighted by molar-refractivity contribution is -0.120. The van der Waals surface area contributed by atoms with E-state index in [2.05, 4.69) is 0 Å². The molecule has 0 aliphatic carbocycles. The van der Waals surface area contributed by atoms with Crippen LogP contribution in [0, 0.1) is 0 Å². The molecule has 0 saturated carbocycles. The van der Waals surface area contributed by atoms with Crippen molar-refractivity contribution in [2.24, 2.45) is 5.73 Å². The number of hydrogen-bond donors (Lipinski definition) is 1. The fourth-order valence-corrected chi connectivity index (χ4v) is 2.09. The summed E-state index contributed by atoms with van der Waals surface area (Å²) in [6, 6.07) is 7.65. The van der Waals surface area contributed by atoms with Gasteiger partial charge in [0.15, 0.2) is 0 Å². The second kappa shape index (κ2) is 4.75. The summed E-state index contributed by atoms with van der Waals surface area (Å²) in [5.74, 6) is 0.0360. The zero-order valence-corrected chi connectivity index (χ0v) is 10.4. The van der Waals surface area contributed by atoms with E-state index in [0.717, 1.165) is 30.8 Å². The zero-order chi connectivity index (χ0) is 12.4. The Kier molecular flexibility index (Phi) is 3.33. The topological polar surface area (TPSA) is 49.6 Å². The minimum Gasteiger partial charge on any atom is -0.378 e. The van der Waals surface area contributed by atoms with Crippen molar-refractivity contribution < 1.29 is 4.79 Å². The molecule has 2 N–H and O–H groups in total. The predicted octanol–water partition coefficient (Wildman–Crippen LogP) is 1.21. The van der Waals surface area contributed by atoms with Crippen molar-refractivity contribution >= 4 is 17.3 Å². The van der Waals surface area contributed by atoms with Crippen LogP contribution in [0.15, 0.2) is 24.3 Å². The minimum absolute atomic E-state index is 0.0360. The quantitative estimate of drug-likeness (QED) is 0.835. The Hall–Kier alpha value is -1.55. The van der Waals surface area contributed by atoms with Crippen molar-refractivity contribution in [3.8, 4) is 0 Å². The highest BCUT2D eigenvalue weighted by molar-refractivity contribution is 5.97. The molecule has 1 heterocycles. The van der Waals surface area contributed by atoms with Gasteiger partial charge in [0.2, 0.25) is 5.91 Å². The largest absolute Gasteiger partial charge is 0.378 e. The lowest BCUT2D eigenvalue weighted by Crippen LogP contribution is -2.48. The molecule has 1 aromatic carbocycles. The van der Waals surface area contributed by atoms with Crippen molar-refractivity contribution in [3.63, 3.8) is 0 Å². The molecule has 1 unspecified atom stereocenters. The van der Waals surface area contributed by atoms with E-state index >= 15 is 0 Å². The molecule has 1 aromatic rings. The third-order valence-electron chi connectivity index (χ3n) is 3.16. The lowest BCUT2D eigenvalue weighted by Gasteiger charge is -2.30. The van der Waals surface area contributed by atoms with Gasteiger partial charge < -0.3 is 15.5 Å². The summed E-state index contributed by atoms with van der Waals surface area (Å²) in [5.41, 5.74) is 7.85. The molecule has 4 heteroatoms. The number of anilines is 2. The van der Waals surface area contributed by atoms with E-state index in [0.29, 0.717) is 0 Å². The second-order valence-electron chi connectivity index (χ2n) is 4.65. The molecule has 0 radical (unpaired) electrons. The van der Waals surface area contributed by atoms with Gasteiger partial charge in [0, 0.05) is 32.0 Å². The summed E-state index contributed by atoms with van der Waals surface area (Å²) in [4.78, 5) is 15.8. The number of carbonyl (C=O) groups is 1. The SMILES string of the molecule is CN(C)c1ccc(N2CCCC(N)C2=O)cc1. The second-order valence-corrected chi connectivity index (χ2v) is 4.65. The lowest BCUT2D eigenvalue weighted by atomic mass is 10.0. The van der Waals surface area contributed by atoms with Crippen LogP contribution in [0.25, 0.3) is 0 Å². The molecular formula is C13H19N3O. The van der Waals surface area contributed by atoms with Crippen LogP contribution in [-0.4, -0.2) is 32.6 Å².